The minimum Gasteiger partial charge on any atom is -0.504 e. The molecule has 0 saturated heterocycles. The maximum absolute atomic E-state index is 12.6. The van der Waals surface area contributed by atoms with Crippen LogP contribution in [-0.2, 0) is 4.74 Å². The number of methoxy groups -OCH3 is 1. The molecule has 0 spiro atoms. The molecule has 0 bridgehead atoms. The van der Waals surface area contributed by atoms with Crippen LogP contribution >= 0.6 is 11.6 Å². The second kappa shape index (κ2) is 3.62. The molecule has 0 unspecified atom stereocenters. The third kappa shape index (κ3) is 1.72. The summed E-state index contributed by atoms with van der Waals surface area (Å²) in [6.07, 6.45) is 0. The van der Waals surface area contributed by atoms with E-state index in [4.69, 9.17) is 16.7 Å². The zero-order chi connectivity index (χ0) is 10.0. The molecule has 0 amide bonds. The average Bonchev–Trinajstić information content (AvgIpc) is 2.13. The number of ether oxygens (including phenoxy) is 1. The molecular formula is C8H6ClFO3. The molecule has 0 radical (unpaired) electrons. The van der Waals surface area contributed by atoms with Crippen LogP contribution in [0.2, 0.25) is 5.02 Å². The summed E-state index contributed by atoms with van der Waals surface area (Å²) in [6, 6.07) is 2.08. The van der Waals surface area contributed by atoms with Crippen molar-refractivity contribution in [1.29, 1.82) is 0 Å². The molecule has 0 aliphatic carbocycles. The number of carbonyl (C=O) groups excluding carboxylic acids is 1. The first-order valence-electron chi connectivity index (χ1n) is 3.33. The van der Waals surface area contributed by atoms with E-state index in [1.807, 2.05) is 0 Å². The first-order valence-corrected chi connectivity index (χ1v) is 3.71. The first-order chi connectivity index (χ1) is 6.07. The van der Waals surface area contributed by atoms with Crippen molar-refractivity contribution >= 4 is 17.6 Å². The van der Waals surface area contributed by atoms with E-state index >= 15 is 0 Å². The monoisotopic (exact) mass is 204 g/mol. The summed E-state index contributed by atoms with van der Waals surface area (Å²) in [5.41, 5.74) is -0.0666. The second-order valence-electron chi connectivity index (χ2n) is 2.25. The van der Waals surface area contributed by atoms with Crippen molar-refractivity contribution in [2.75, 3.05) is 7.11 Å². The summed E-state index contributed by atoms with van der Waals surface area (Å²) < 4.78 is 17.0. The summed E-state index contributed by atoms with van der Waals surface area (Å²) in [5, 5.41) is 8.68. The Balaban J connectivity index is 3.26. The summed E-state index contributed by atoms with van der Waals surface area (Å²) in [5.74, 6) is -2.34. The maximum Gasteiger partial charge on any atom is 0.339 e. The van der Waals surface area contributed by atoms with Crippen molar-refractivity contribution in [2.24, 2.45) is 0 Å². The van der Waals surface area contributed by atoms with Crippen LogP contribution in [0.4, 0.5) is 4.39 Å². The van der Waals surface area contributed by atoms with Crippen LogP contribution in [0, 0.1) is 5.82 Å². The van der Waals surface area contributed by atoms with Gasteiger partial charge in [0.2, 0.25) is 0 Å². The third-order valence-electron chi connectivity index (χ3n) is 1.47. The van der Waals surface area contributed by atoms with Gasteiger partial charge < -0.3 is 9.84 Å². The standard InChI is InChI=1S/C8H6ClFO3/c1-13-8(12)4-2-3-5(10)7(11)6(4)9/h2-3,11H,1H3. The topological polar surface area (TPSA) is 46.5 Å². The Hall–Kier alpha value is -1.29. The van der Waals surface area contributed by atoms with Crippen molar-refractivity contribution in [3.63, 3.8) is 0 Å². The van der Waals surface area contributed by atoms with Crippen LogP contribution in [0.15, 0.2) is 12.1 Å². The largest absolute Gasteiger partial charge is 0.504 e. The SMILES string of the molecule is COC(=O)c1ccc(F)c(O)c1Cl. The van der Waals surface area contributed by atoms with Gasteiger partial charge in [-0.1, -0.05) is 11.6 Å². The summed E-state index contributed by atoms with van der Waals surface area (Å²) >= 11 is 5.48. The van der Waals surface area contributed by atoms with Crippen LogP contribution in [0.25, 0.3) is 0 Å². The third-order valence-corrected chi connectivity index (χ3v) is 1.85. The van der Waals surface area contributed by atoms with E-state index in [0.29, 0.717) is 0 Å². The molecule has 5 heteroatoms. The fourth-order valence-corrected chi connectivity index (χ4v) is 1.04. The molecule has 0 heterocycles. The molecule has 0 fully saturated rings. The lowest BCUT2D eigenvalue weighted by Gasteiger charge is -2.03. The van der Waals surface area contributed by atoms with Gasteiger partial charge in [-0.05, 0) is 12.1 Å². The highest BCUT2D eigenvalue weighted by atomic mass is 35.5. The highest BCUT2D eigenvalue weighted by Crippen LogP contribution is 2.29. The molecule has 3 nitrogen and oxygen atoms in total. The minimum absolute atomic E-state index is 0.0666. The second-order valence-corrected chi connectivity index (χ2v) is 2.63. The quantitative estimate of drug-likeness (QED) is 0.712. The fourth-order valence-electron chi connectivity index (χ4n) is 0.809. The molecule has 0 saturated carbocycles. The van der Waals surface area contributed by atoms with E-state index in [9.17, 15) is 9.18 Å². The number of phenols is 1. The van der Waals surface area contributed by atoms with Gasteiger partial charge in [-0.15, -0.1) is 0 Å². The van der Waals surface area contributed by atoms with Crippen molar-refractivity contribution in [3.8, 4) is 5.75 Å². The van der Waals surface area contributed by atoms with Gasteiger partial charge in [0.15, 0.2) is 11.6 Å². The predicted molar refractivity (Wildman–Crippen MR) is 44.4 cm³/mol. The molecule has 1 aromatic rings. The average molecular weight is 205 g/mol. The van der Waals surface area contributed by atoms with Crippen LogP contribution in [-0.4, -0.2) is 18.2 Å². The van der Waals surface area contributed by atoms with E-state index in [2.05, 4.69) is 4.74 Å². The summed E-state index contributed by atoms with van der Waals surface area (Å²) in [4.78, 5) is 11.0. The molecule has 1 N–H and O–H groups in total. The van der Waals surface area contributed by atoms with Gasteiger partial charge in [0.25, 0.3) is 0 Å². The van der Waals surface area contributed by atoms with Crippen LogP contribution in [0.3, 0.4) is 0 Å². The van der Waals surface area contributed by atoms with E-state index in [1.165, 1.54) is 7.11 Å². The highest BCUT2D eigenvalue weighted by molar-refractivity contribution is 6.35. The Bertz CT molecular complexity index is 351. The first kappa shape index (κ1) is 9.80. The zero-order valence-corrected chi connectivity index (χ0v) is 7.43. The summed E-state index contributed by atoms with van der Waals surface area (Å²) in [7, 11) is 1.17. The van der Waals surface area contributed by atoms with Gasteiger partial charge in [-0.2, -0.15) is 0 Å². The Labute approximate surface area is 78.7 Å². The molecule has 0 atom stereocenters. The van der Waals surface area contributed by atoms with Crippen LogP contribution in [0.5, 0.6) is 5.75 Å². The molecule has 0 aliphatic heterocycles. The Morgan fingerprint density at radius 3 is 2.77 bits per heavy atom. The molecular weight excluding hydrogens is 199 g/mol. The van der Waals surface area contributed by atoms with Gasteiger partial charge in [0.05, 0.1) is 17.7 Å². The lowest BCUT2D eigenvalue weighted by Crippen LogP contribution is -2.02. The number of hydrogen-bond acceptors (Lipinski definition) is 3. The number of esters is 1. The smallest absolute Gasteiger partial charge is 0.339 e. The van der Waals surface area contributed by atoms with Crippen LogP contribution in [0.1, 0.15) is 10.4 Å². The number of halogens is 2. The number of carbonyl (C=O) groups is 1. The predicted octanol–water partition coefficient (Wildman–Crippen LogP) is 1.97. The van der Waals surface area contributed by atoms with Crippen molar-refractivity contribution in [1.82, 2.24) is 0 Å². The minimum atomic E-state index is -0.877. The van der Waals surface area contributed by atoms with Gasteiger partial charge >= 0.3 is 5.97 Å². The van der Waals surface area contributed by atoms with Crippen molar-refractivity contribution in [2.45, 2.75) is 0 Å². The number of phenolic OH excluding ortho intramolecular Hbond substituents is 1. The van der Waals surface area contributed by atoms with Crippen molar-refractivity contribution in [3.05, 3.63) is 28.5 Å². The molecule has 70 valence electrons. The lowest BCUT2D eigenvalue weighted by molar-refractivity contribution is 0.0600. The van der Waals surface area contributed by atoms with E-state index in [-0.39, 0.29) is 10.6 Å². The fraction of sp³-hybridized carbons (Fsp3) is 0.125. The van der Waals surface area contributed by atoms with Gasteiger partial charge in [-0.25, -0.2) is 9.18 Å². The number of rotatable bonds is 1. The molecule has 13 heavy (non-hydrogen) atoms. The van der Waals surface area contributed by atoms with Crippen LogP contribution < -0.4 is 0 Å². The Kier molecular flexibility index (Phi) is 2.72. The number of benzene rings is 1. The van der Waals surface area contributed by atoms with Gasteiger partial charge in [-0.3, -0.25) is 0 Å². The normalized spacial score (nSPS) is 9.77. The summed E-state index contributed by atoms with van der Waals surface area (Å²) in [6.45, 7) is 0. The molecule has 0 aromatic heterocycles. The van der Waals surface area contributed by atoms with E-state index in [0.717, 1.165) is 12.1 Å². The number of aromatic hydroxyl groups is 1. The molecule has 0 aliphatic rings. The van der Waals surface area contributed by atoms with E-state index in [1.54, 1.807) is 0 Å². The maximum atomic E-state index is 12.6. The lowest BCUT2D eigenvalue weighted by atomic mass is 10.2. The molecule has 1 aromatic carbocycles. The Morgan fingerprint density at radius 2 is 2.23 bits per heavy atom. The Morgan fingerprint density at radius 1 is 1.62 bits per heavy atom. The molecule has 1 rings (SSSR count). The van der Waals surface area contributed by atoms with Gasteiger partial charge in [0, 0.05) is 0 Å². The number of hydrogen-bond donors (Lipinski definition) is 1. The zero-order valence-electron chi connectivity index (χ0n) is 6.67. The van der Waals surface area contributed by atoms with Crippen molar-refractivity contribution < 1.29 is 19.0 Å². The van der Waals surface area contributed by atoms with Gasteiger partial charge in [0.1, 0.15) is 0 Å². The highest BCUT2D eigenvalue weighted by Gasteiger charge is 2.16. The van der Waals surface area contributed by atoms with E-state index < -0.39 is 17.5 Å².